The summed E-state index contributed by atoms with van der Waals surface area (Å²) in [6.45, 7) is 4.64. The van der Waals surface area contributed by atoms with Crippen molar-refractivity contribution in [1.29, 1.82) is 0 Å². The number of carbonyl (C=O) groups is 2. The van der Waals surface area contributed by atoms with E-state index < -0.39 is 34.5 Å². The van der Waals surface area contributed by atoms with Crippen LogP contribution in [-0.2, 0) is 7.05 Å². The van der Waals surface area contributed by atoms with Gasteiger partial charge in [-0.1, -0.05) is 30.4 Å². The van der Waals surface area contributed by atoms with Gasteiger partial charge < -0.3 is 23.8 Å². The van der Waals surface area contributed by atoms with Crippen LogP contribution in [0, 0.1) is 24.4 Å². The summed E-state index contributed by atoms with van der Waals surface area (Å²) >= 11 is 0. The lowest BCUT2D eigenvalue weighted by atomic mass is 10.1. The van der Waals surface area contributed by atoms with Crippen LogP contribution in [0.15, 0.2) is 79.0 Å². The average Bonchev–Trinajstić information content (AvgIpc) is 3.47. The number of fused-ring (bicyclic) bond motifs is 1. The SMILES string of the molecule is Br.COc1ccccc1C=CCN1CCN(C(=O)c2cc3cc(Oc4ccc(N(C)C(=O)c5cc(F)c(C)c(F)c5F)cn4)ccc3n2C)CC1. The first-order valence-electron chi connectivity index (χ1n) is 16.0. The lowest BCUT2D eigenvalue weighted by molar-refractivity contribution is 0.0641. The second-order valence-corrected chi connectivity index (χ2v) is 12.0. The summed E-state index contributed by atoms with van der Waals surface area (Å²) in [5.74, 6) is -3.28. The van der Waals surface area contributed by atoms with Crippen molar-refractivity contribution in [3.05, 3.63) is 119 Å². The normalized spacial score (nSPS) is 13.4. The quantitative estimate of drug-likeness (QED) is 0.146. The van der Waals surface area contributed by atoms with Crippen molar-refractivity contribution in [3.8, 4) is 17.4 Å². The zero-order valence-corrected chi connectivity index (χ0v) is 30.2. The summed E-state index contributed by atoms with van der Waals surface area (Å²) in [6, 6.07) is 18.9. The van der Waals surface area contributed by atoms with E-state index in [1.54, 1.807) is 13.2 Å². The molecule has 1 aliphatic heterocycles. The number of hydrogen-bond acceptors (Lipinski definition) is 6. The minimum Gasteiger partial charge on any atom is -0.496 e. The number of anilines is 1. The van der Waals surface area contributed by atoms with Gasteiger partial charge in [-0.15, -0.1) is 17.0 Å². The fraction of sp³-hybridized carbons (Fsp3) is 0.237. The van der Waals surface area contributed by atoms with E-state index in [2.05, 4.69) is 22.0 Å². The molecule has 0 N–H and O–H groups in total. The number of carbonyl (C=O) groups excluding carboxylic acids is 2. The number of aryl methyl sites for hydroxylation is 1. The van der Waals surface area contributed by atoms with Crippen molar-refractivity contribution < 1.29 is 32.2 Å². The molecule has 51 heavy (non-hydrogen) atoms. The van der Waals surface area contributed by atoms with Crippen LogP contribution in [0.1, 0.15) is 32.0 Å². The average molecular weight is 765 g/mol. The number of aromatic nitrogens is 2. The van der Waals surface area contributed by atoms with Crippen LogP contribution in [0.3, 0.4) is 0 Å². The molecule has 0 saturated carbocycles. The number of rotatable bonds is 9. The maximum atomic E-state index is 14.4. The van der Waals surface area contributed by atoms with E-state index in [4.69, 9.17) is 9.47 Å². The van der Waals surface area contributed by atoms with Gasteiger partial charge in [-0.25, -0.2) is 18.2 Å². The fourth-order valence-corrected chi connectivity index (χ4v) is 5.92. The van der Waals surface area contributed by atoms with Crippen molar-refractivity contribution in [2.45, 2.75) is 6.92 Å². The van der Waals surface area contributed by atoms with Gasteiger partial charge in [-0.05, 0) is 49.4 Å². The van der Waals surface area contributed by atoms with Crippen molar-refractivity contribution in [2.24, 2.45) is 7.05 Å². The summed E-state index contributed by atoms with van der Waals surface area (Å²) < 4.78 is 55.7. The topological polar surface area (TPSA) is 80.1 Å². The molecular weight excluding hydrogens is 727 g/mol. The largest absolute Gasteiger partial charge is 0.496 e. The summed E-state index contributed by atoms with van der Waals surface area (Å²) in [5, 5.41) is 0.815. The molecule has 5 aromatic rings. The molecule has 0 unspecified atom stereocenters. The van der Waals surface area contributed by atoms with Crippen LogP contribution < -0.4 is 14.4 Å². The van der Waals surface area contributed by atoms with Crippen LogP contribution in [0.4, 0.5) is 18.9 Å². The molecule has 2 amide bonds. The molecule has 0 aliphatic carbocycles. The molecular formula is C38H37BrF3N5O4. The molecule has 266 valence electrons. The van der Waals surface area contributed by atoms with Gasteiger partial charge in [-0.2, -0.15) is 0 Å². The Bertz CT molecular complexity index is 2100. The molecule has 9 nitrogen and oxygen atoms in total. The van der Waals surface area contributed by atoms with E-state index in [-0.39, 0.29) is 34.5 Å². The smallest absolute Gasteiger partial charge is 0.270 e. The minimum absolute atomic E-state index is 0. The Hall–Kier alpha value is -5.14. The lowest BCUT2D eigenvalue weighted by Crippen LogP contribution is -2.48. The predicted octanol–water partition coefficient (Wildman–Crippen LogP) is 7.43. The third kappa shape index (κ3) is 7.79. The lowest BCUT2D eigenvalue weighted by Gasteiger charge is -2.34. The van der Waals surface area contributed by atoms with Gasteiger partial charge in [0, 0.05) is 74.9 Å². The van der Waals surface area contributed by atoms with Crippen molar-refractivity contribution in [3.63, 3.8) is 0 Å². The zero-order valence-electron chi connectivity index (χ0n) is 28.5. The highest BCUT2D eigenvalue weighted by molar-refractivity contribution is 8.93. The van der Waals surface area contributed by atoms with E-state index in [9.17, 15) is 22.8 Å². The van der Waals surface area contributed by atoms with Gasteiger partial charge in [0.1, 0.15) is 23.0 Å². The van der Waals surface area contributed by atoms with E-state index in [1.165, 1.54) is 25.4 Å². The molecule has 0 atom stereocenters. The second-order valence-electron chi connectivity index (χ2n) is 12.0. The standard InChI is InChI=1S/C38H36F3N5O4.BrH/c1-24-30(39)22-29(36(41)35(24)40)37(47)43(2)27-11-14-34(42-23-27)50-28-12-13-31-26(20-28)21-32(44(31)3)38(48)46-18-16-45(17-19-46)15-7-9-25-8-5-6-10-33(25)49-4;/h5-14,20-23H,15-19H2,1-4H3;1H. The molecule has 0 radical (unpaired) electrons. The summed E-state index contributed by atoms with van der Waals surface area (Å²) in [5.41, 5.74) is 1.49. The van der Waals surface area contributed by atoms with E-state index in [0.717, 1.165) is 53.7 Å². The van der Waals surface area contributed by atoms with Gasteiger partial charge in [0.2, 0.25) is 5.88 Å². The number of ether oxygens (including phenoxy) is 2. The summed E-state index contributed by atoms with van der Waals surface area (Å²) in [6.07, 6.45) is 5.50. The van der Waals surface area contributed by atoms with Crippen LogP contribution in [0.2, 0.25) is 0 Å². The third-order valence-corrected chi connectivity index (χ3v) is 8.95. The first kappa shape index (κ1) is 37.1. The van der Waals surface area contributed by atoms with Gasteiger partial charge in [-0.3, -0.25) is 14.5 Å². The van der Waals surface area contributed by atoms with Crippen LogP contribution in [-0.4, -0.2) is 78.0 Å². The molecule has 1 fully saturated rings. The third-order valence-electron chi connectivity index (χ3n) is 8.95. The minimum atomic E-state index is -1.41. The number of para-hydroxylation sites is 1. The summed E-state index contributed by atoms with van der Waals surface area (Å²) in [7, 11) is 4.87. The highest BCUT2D eigenvalue weighted by Gasteiger charge is 2.26. The van der Waals surface area contributed by atoms with Crippen LogP contribution >= 0.6 is 17.0 Å². The number of hydrogen-bond donors (Lipinski definition) is 0. The highest BCUT2D eigenvalue weighted by Crippen LogP contribution is 2.29. The van der Waals surface area contributed by atoms with E-state index in [1.807, 2.05) is 59.0 Å². The number of benzene rings is 3. The molecule has 1 aliphatic rings. The number of methoxy groups -OCH3 is 1. The first-order valence-corrected chi connectivity index (χ1v) is 16.0. The Labute approximate surface area is 304 Å². The fourth-order valence-electron chi connectivity index (χ4n) is 5.92. The Morgan fingerprint density at radius 2 is 1.71 bits per heavy atom. The predicted molar refractivity (Wildman–Crippen MR) is 196 cm³/mol. The van der Waals surface area contributed by atoms with Crippen LogP contribution in [0.5, 0.6) is 17.4 Å². The molecule has 0 bridgehead atoms. The van der Waals surface area contributed by atoms with Gasteiger partial charge >= 0.3 is 0 Å². The number of nitrogens with zero attached hydrogens (tertiary/aromatic N) is 5. The highest BCUT2D eigenvalue weighted by atomic mass is 79.9. The van der Waals surface area contributed by atoms with Gasteiger partial charge in [0.25, 0.3) is 11.8 Å². The molecule has 3 aromatic carbocycles. The first-order chi connectivity index (χ1) is 24.0. The molecule has 2 aromatic heterocycles. The molecule has 0 spiro atoms. The Kier molecular flexibility index (Phi) is 11.5. The summed E-state index contributed by atoms with van der Waals surface area (Å²) in [4.78, 5) is 35.9. The Balaban J connectivity index is 0.00000504. The molecule has 13 heteroatoms. The van der Waals surface area contributed by atoms with Gasteiger partial charge in [0.15, 0.2) is 11.6 Å². The monoisotopic (exact) mass is 763 g/mol. The maximum Gasteiger partial charge on any atom is 0.270 e. The van der Waals surface area contributed by atoms with E-state index >= 15 is 0 Å². The number of amides is 2. The molecule has 3 heterocycles. The molecule has 6 rings (SSSR count). The van der Waals surface area contributed by atoms with Crippen molar-refractivity contribution in [1.82, 2.24) is 19.4 Å². The van der Waals surface area contributed by atoms with Crippen LogP contribution in [0.25, 0.3) is 17.0 Å². The maximum absolute atomic E-state index is 14.4. The number of piperazine rings is 1. The zero-order chi connectivity index (χ0) is 35.5. The molecule has 1 saturated heterocycles. The van der Waals surface area contributed by atoms with E-state index in [0.29, 0.717) is 30.6 Å². The van der Waals surface area contributed by atoms with Crippen molar-refractivity contribution >= 4 is 51.5 Å². The number of pyridine rings is 1. The Morgan fingerprint density at radius 3 is 2.41 bits per heavy atom. The Morgan fingerprint density at radius 1 is 0.961 bits per heavy atom. The van der Waals surface area contributed by atoms with Gasteiger partial charge in [0.05, 0.1) is 24.6 Å². The number of halogens is 4. The van der Waals surface area contributed by atoms with Crippen molar-refractivity contribution in [2.75, 3.05) is 51.8 Å². The second kappa shape index (κ2) is 15.8.